The highest BCUT2D eigenvalue weighted by Crippen LogP contribution is 2.35. The number of nitrogens with one attached hydrogen (secondary N) is 1. The van der Waals surface area contributed by atoms with Crippen molar-refractivity contribution in [1.29, 1.82) is 0 Å². The molecule has 5 nitrogen and oxygen atoms in total. The Labute approximate surface area is 84.9 Å². The van der Waals surface area contributed by atoms with Crippen molar-refractivity contribution in [3.8, 4) is 0 Å². The van der Waals surface area contributed by atoms with E-state index < -0.39 is 0 Å². The zero-order valence-electron chi connectivity index (χ0n) is 7.60. The average Bonchev–Trinajstić information content (AvgIpc) is 2.93. The molecule has 0 aliphatic heterocycles. The lowest BCUT2D eigenvalue weighted by Gasteiger charge is -2.00. The van der Waals surface area contributed by atoms with Crippen LogP contribution in [0.5, 0.6) is 0 Å². The van der Waals surface area contributed by atoms with Crippen LogP contribution in [0.3, 0.4) is 0 Å². The van der Waals surface area contributed by atoms with Gasteiger partial charge in [-0.05, 0) is 12.8 Å². The van der Waals surface area contributed by atoms with Crippen LogP contribution in [0.1, 0.15) is 25.3 Å². The zero-order valence-corrected chi connectivity index (χ0v) is 8.42. The van der Waals surface area contributed by atoms with E-state index in [0.717, 1.165) is 19.1 Å². The monoisotopic (exact) mass is 213 g/mol. The zero-order chi connectivity index (χ0) is 9.97. The smallest absolute Gasteiger partial charge is 0.303 e. The molecule has 1 aromatic rings. The number of hydrogen-bond donors (Lipinski definition) is 1. The summed E-state index contributed by atoms with van der Waals surface area (Å²) in [6.07, 6.45) is 3.48. The van der Waals surface area contributed by atoms with Crippen molar-refractivity contribution in [3.63, 3.8) is 0 Å². The molecular weight excluding hydrogens is 202 g/mol. The van der Waals surface area contributed by atoms with Gasteiger partial charge in [-0.1, -0.05) is 11.8 Å². The van der Waals surface area contributed by atoms with Crippen molar-refractivity contribution in [2.75, 3.05) is 5.75 Å². The van der Waals surface area contributed by atoms with E-state index in [4.69, 9.17) is 0 Å². The van der Waals surface area contributed by atoms with Crippen molar-refractivity contribution in [2.45, 2.75) is 30.5 Å². The number of carbonyl (C=O) groups excluding carboxylic acids is 1. The Balaban J connectivity index is 2.08. The highest BCUT2D eigenvalue weighted by Gasteiger charge is 2.28. The van der Waals surface area contributed by atoms with E-state index >= 15 is 0 Å². The van der Waals surface area contributed by atoms with Crippen LogP contribution in [0.2, 0.25) is 0 Å². The second kappa shape index (κ2) is 4.00. The molecule has 0 radical (unpaired) electrons. The third-order valence-corrected chi connectivity index (χ3v) is 3.04. The first kappa shape index (κ1) is 9.51. The van der Waals surface area contributed by atoms with Crippen LogP contribution in [-0.2, 0) is 4.79 Å². The molecule has 2 rings (SSSR count). The molecular formula is C8H11N3O2S. The predicted octanol–water partition coefficient (Wildman–Crippen LogP) is 0.587. The first-order chi connectivity index (χ1) is 6.83. The van der Waals surface area contributed by atoms with Gasteiger partial charge in [0.25, 0.3) is 0 Å². The van der Waals surface area contributed by atoms with Gasteiger partial charge in [-0.3, -0.25) is 4.57 Å². The van der Waals surface area contributed by atoms with Crippen molar-refractivity contribution in [3.05, 3.63) is 10.5 Å². The lowest BCUT2D eigenvalue weighted by Crippen LogP contribution is -2.16. The topological polar surface area (TPSA) is 67.8 Å². The standard InChI is InChI=1S/C8H11N3O2S/c12-4-1-5-14-8-10-9-7(13)11(8)6-2-3-6/h4,6H,1-3,5H2,(H,9,13). The van der Waals surface area contributed by atoms with Crippen molar-refractivity contribution < 1.29 is 4.79 Å². The second-order valence-corrected chi connectivity index (χ2v) is 4.28. The summed E-state index contributed by atoms with van der Waals surface area (Å²) < 4.78 is 1.69. The van der Waals surface area contributed by atoms with Crippen LogP contribution in [0.15, 0.2) is 9.95 Å². The maximum absolute atomic E-state index is 11.3. The third-order valence-electron chi connectivity index (χ3n) is 2.05. The predicted molar refractivity (Wildman–Crippen MR) is 52.5 cm³/mol. The van der Waals surface area contributed by atoms with Gasteiger partial charge in [-0.25, -0.2) is 9.89 Å². The van der Waals surface area contributed by atoms with Gasteiger partial charge in [0.15, 0.2) is 5.16 Å². The number of aromatic amines is 1. The average molecular weight is 213 g/mol. The Morgan fingerprint density at radius 2 is 2.43 bits per heavy atom. The minimum absolute atomic E-state index is 0.138. The highest BCUT2D eigenvalue weighted by atomic mass is 32.2. The first-order valence-corrected chi connectivity index (χ1v) is 5.55. The molecule has 1 heterocycles. The highest BCUT2D eigenvalue weighted by molar-refractivity contribution is 7.99. The van der Waals surface area contributed by atoms with Crippen LogP contribution < -0.4 is 5.69 Å². The lowest BCUT2D eigenvalue weighted by molar-refractivity contribution is -0.107. The van der Waals surface area contributed by atoms with Gasteiger partial charge in [-0.2, -0.15) is 0 Å². The minimum atomic E-state index is -0.138. The summed E-state index contributed by atoms with van der Waals surface area (Å²) in [5.41, 5.74) is -0.138. The molecule has 0 amide bonds. The van der Waals surface area contributed by atoms with Crippen LogP contribution in [0.25, 0.3) is 0 Å². The van der Waals surface area contributed by atoms with Crippen LogP contribution in [-0.4, -0.2) is 26.8 Å². The molecule has 0 unspecified atom stereocenters. The van der Waals surface area contributed by atoms with Crippen molar-refractivity contribution in [1.82, 2.24) is 14.8 Å². The number of aromatic nitrogens is 3. The van der Waals surface area contributed by atoms with E-state index in [2.05, 4.69) is 10.2 Å². The van der Waals surface area contributed by atoms with E-state index in [1.807, 2.05) is 0 Å². The van der Waals surface area contributed by atoms with E-state index in [0.29, 0.717) is 23.4 Å². The Morgan fingerprint density at radius 3 is 3.07 bits per heavy atom. The fraction of sp³-hybridized carbons (Fsp3) is 0.625. The molecule has 1 aromatic heterocycles. The van der Waals surface area contributed by atoms with Gasteiger partial charge in [0, 0.05) is 18.2 Å². The molecule has 1 saturated carbocycles. The number of nitrogens with zero attached hydrogens (tertiary/aromatic N) is 2. The summed E-state index contributed by atoms with van der Waals surface area (Å²) in [4.78, 5) is 21.4. The molecule has 0 atom stereocenters. The van der Waals surface area contributed by atoms with Crippen LogP contribution >= 0.6 is 11.8 Å². The molecule has 1 aliphatic carbocycles. The van der Waals surface area contributed by atoms with Crippen molar-refractivity contribution >= 4 is 18.0 Å². The minimum Gasteiger partial charge on any atom is -0.303 e. The second-order valence-electron chi connectivity index (χ2n) is 3.22. The number of hydrogen-bond acceptors (Lipinski definition) is 4. The molecule has 1 fully saturated rings. The van der Waals surface area contributed by atoms with Gasteiger partial charge < -0.3 is 4.79 Å². The van der Waals surface area contributed by atoms with E-state index in [9.17, 15) is 9.59 Å². The number of rotatable bonds is 5. The number of thioether (sulfide) groups is 1. The Morgan fingerprint density at radius 1 is 1.64 bits per heavy atom. The Hall–Kier alpha value is -1.04. The molecule has 0 spiro atoms. The van der Waals surface area contributed by atoms with E-state index in [1.54, 1.807) is 4.57 Å². The third kappa shape index (κ3) is 1.89. The summed E-state index contributed by atoms with van der Waals surface area (Å²) in [7, 11) is 0. The molecule has 1 aliphatic rings. The Bertz CT molecular complexity index is 380. The van der Waals surface area contributed by atoms with E-state index in [-0.39, 0.29) is 5.69 Å². The normalized spacial score (nSPS) is 15.7. The quantitative estimate of drug-likeness (QED) is 0.441. The fourth-order valence-electron chi connectivity index (χ4n) is 1.25. The number of H-pyrrole nitrogens is 1. The molecule has 0 saturated heterocycles. The van der Waals surface area contributed by atoms with Gasteiger partial charge in [0.2, 0.25) is 0 Å². The van der Waals surface area contributed by atoms with Gasteiger partial charge in [-0.15, -0.1) is 5.10 Å². The molecule has 6 heteroatoms. The summed E-state index contributed by atoms with van der Waals surface area (Å²) in [6.45, 7) is 0. The molecule has 1 N–H and O–H groups in total. The Kier molecular flexibility index (Phi) is 2.72. The summed E-state index contributed by atoms with van der Waals surface area (Å²) >= 11 is 1.45. The number of carbonyl (C=O) groups is 1. The fourth-order valence-corrected chi connectivity index (χ4v) is 2.12. The van der Waals surface area contributed by atoms with Gasteiger partial charge in [0.05, 0.1) is 0 Å². The first-order valence-electron chi connectivity index (χ1n) is 4.56. The maximum Gasteiger partial charge on any atom is 0.344 e. The molecule has 0 aromatic carbocycles. The number of aldehydes is 1. The van der Waals surface area contributed by atoms with Gasteiger partial charge in [0.1, 0.15) is 6.29 Å². The van der Waals surface area contributed by atoms with E-state index in [1.165, 1.54) is 11.8 Å². The SMILES string of the molecule is O=CCCSc1n[nH]c(=O)n1C1CC1. The summed E-state index contributed by atoms with van der Waals surface area (Å²) in [6, 6.07) is 0.333. The molecule has 76 valence electrons. The van der Waals surface area contributed by atoms with Crippen molar-refractivity contribution in [2.24, 2.45) is 0 Å². The van der Waals surface area contributed by atoms with Gasteiger partial charge >= 0.3 is 5.69 Å². The lowest BCUT2D eigenvalue weighted by atomic mass is 10.6. The largest absolute Gasteiger partial charge is 0.344 e. The van der Waals surface area contributed by atoms with Crippen LogP contribution in [0.4, 0.5) is 0 Å². The molecule has 14 heavy (non-hydrogen) atoms. The molecule has 0 bridgehead atoms. The summed E-state index contributed by atoms with van der Waals surface area (Å²) in [5.74, 6) is 0.681. The van der Waals surface area contributed by atoms with Crippen LogP contribution in [0, 0.1) is 0 Å². The maximum atomic E-state index is 11.3. The summed E-state index contributed by atoms with van der Waals surface area (Å²) in [5, 5.41) is 7.06.